The minimum absolute atomic E-state index is 0. The van der Waals surface area contributed by atoms with E-state index in [-0.39, 0.29) is 46.9 Å². The fourth-order valence-corrected chi connectivity index (χ4v) is 13.2. The van der Waals surface area contributed by atoms with Crippen molar-refractivity contribution >= 4 is 67.7 Å². The molecule has 0 aromatic heterocycles. The van der Waals surface area contributed by atoms with E-state index in [0.29, 0.717) is 0 Å². The van der Waals surface area contributed by atoms with Crippen LogP contribution in [0.2, 0.25) is 0 Å². The molecule has 8 aromatic carbocycles. The molecular formula is C49H38F6O4P2Yb. The molecule has 0 aliphatic heterocycles. The third-order valence-corrected chi connectivity index (χ3v) is 16.6. The van der Waals surface area contributed by atoms with Gasteiger partial charge in [0.05, 0.1) is 0 Å². The van der Waals surface area contributed by atoms with Gasteiger partial charge >= 0.3 is 12.4 Å². The Morgan fingerprint density at radius 1 is 0.387 bits per heavy atom. The summed E-state index contributed by atoms with van der Waals surface area (Å²) in [6.45, 7) is 0. The van der Waals surface area contributed by atoms with Gasteiger partial charge in [0, 0.05) is 96.3 Å². The third kappa shape index (κ3) is 9.63. The number of rotatable bonds is 9. The van der Waals surface area contributed by atoms with Gasteiger partial charge in [0.2, 0.25) is 0 Å². The van der Waals surface area contributed by atoms with Crippen LogP contribution in [-0.4, -0.2) is 34.8 Å². The van der Waals surface area contributed by atoms with Gasteiger partial charge in [-0.2, -0.15) is 26.3 Å². The van der Waals surface area contributed by atoms with Crippen LogP contribution in [0.4, 0.5) is 26.3 Å². The molecule has 0 heterocycles. The third-order valence-electron chi connectivity index (χ3n) is 10.4. The first kappa shape index (κ1) is 47.2. The molecule has 0 saturated carbocycles. The molecule has 62 heavy (non-hydrogen) atoms. The van der Waals surface area contributed by atoms with Gasteiger partial charge in [-0.05, 0) is 33.7 Å². The number of halogens is 6. The van der Waals surface area contributed by atoms with Gasteiger partial charge in [-0.1, -0.05) is 182 Å². The predicted octanol–water partition coefficient (Wildman–Crippen LogP) is 10.2. The van der Waals surface area contributed by atoms with Crippen molar-refractivity contribution in [1.82, 2.24) is 0 Å². The summed E-state index contributed by atoms with van der Waals surface area (Å²) < 4.78 is 101. The van der Waals surface area contributed by atoms with E-state index >= 15 is 9.13 Å². The maximum atomic E-state index is 16.2. The number of alkyl halides is 6. The van der Waals surface area contributed by atoms with Crippen LogP contribution in [0.1, 0.15) is 6.42 Å². The van der Waals surface area contributed by atoms with Gasteiger partial charge < -0.3 is 19.3 Å². The van der Waals surface area contributed by atoms with E-state index in [1.807, 2.05) is 158 Å². The molecule has 0 radical (unpaired) electrons. The molecule has 0 spiro atoms. The van der Waals surface area contributed by atoms with Crippen molar-refractivity contribution in [3.8, 4) is 11.1 Å². The van der Waals surface area contributed by atoms with Crippen molar-refractivity contribution in [2.75, 3.05) is 0 Å². The number of hydrogen-bond acceptors (Lipinski definition) is 4. The summed E-state index contributed by atoms with van der Waals surface area (Å²) >= 11 is 0. The number of benzene rings is 8. The molecular weight excluding hydrogens is 1000 g/mol. The second-order valence-corrected chi connectivity index (χ2v) is 19.7. The van der Waals surface area contributed by atoms with E-state index in [1.54, 1.807) is 0 Å². The maximum Gasteiger partial charge on any atom is 0.414 e. The summed E-state index contributed by atoms with van der Waals surface area (Å²) in [5.41, 5.74) is 1.70. The first-order valence-corrected chi connectivity index (χ1v) is 22.5. The molecule has 0 amide bonds. The summed E-state index contributed by atoms with van der Waals surface area (Å²) in [5, 5.41) is 24.7. The maximum absolute atomic E-state index is 16.2. The summed E-state index contributed by atoms with van der Waals surface area (Å²) in [4.78, 5) is 0. The van der Waals surface area contributed by atoms with Crippen LogP contribution < -0.4 is 31.8 Å². The monoisotopic (exact) mass is 1040 g/mol. The Morgan fingerprint density at radius 3 is 0.919 bits per heavy atom. The van der Waals surface area contributed by atoms with Gasteiger partial charge in [-0.15, -0.1) is 0 Å². The molecule has 13 heteroatoms. The van der Waals surface area contributed by atoms with Crippen LogP contribution in [0.25, 0.3) is 32.7 Å². The van der Waals surface area contributed by atoms with Gasteiger partial charge in [0.15, 0.2) is 26.5 Å². The summed E-state index contributed by atoms with van der Waals surface area (Å²) in [7, 11) is -6.94. The zero-order chi connectivity index (χ0) is 43.4. The Balaban J connectivity index is 0.000000399. The first-order chi connectivity index (χ1) is 29.1. The van der Waals surface area contributed by atoms with E-state index in [2.05, 4.69) is 36.4 Å². The van der Waals surface area contributed by atoms with E-state index in [4.69, 9.17) is 10.2 Å². The fourth-order valence-electron chi connectivity index (χ4n) is 7.46. The van der Waals surface area contributed by atoms with Gasteiger partial charge in [0.25, 0.3) is 0 Å². The minimum atomic E-state index is -5.15. The number of hydrogen-bond donors (Lipinski definition) is 2. The van der Waals surface area contributed by atoms with Crippen molar-refractivity contribution in [3.05, 3.63) is 194 Å². The van der Waals surface area contributed by atoms with Crippen molar-refractivity contribution in [3.63, 3.8) is 0 Å². The number of aliphatic hydroxyl groups is 2. The average molecular weight is 1040 g/mol. The minimum Gasteiger partial charge on any atom is -0.384 e. The van der Waals surface area contributed by atoms with Crippen molar-refractivity contribution < 1.29 is 92.6 Å². The fraction of sp³-hybridized carbons (Fsp3) is 0.102. The van der Waals surface area contributed by atoms with Crippen molar-refractivity contribution in [1.29, 1.82) is 0 Å². The van der Waals surface area contributed by atoms with Gasteiger partial charge in [0.1, 0.15) is 0 Å². The van der Waals surface area contributed by atoms with Crippen LogP contribution in [-0.2, 0) is 9.13 Å². The largest absolute Gasteiger partial charge is 0.414 e. The summed E-state index contributed by atoms with van der Waals surface area (Å²) in [6.07, 6.45) is -18.4. The Labute approximate surface area is 393 Å². The van der Waals surface area contributed by atoms with Crippen molar-refractivity contribution in [2.24, 2.45) is 0 Å². The molecule has 324 valence electrons. The van der Waals surface area contributed by atoms with Gasteiger partial charge in [-0.3, -0.25) is 0 Å². The molecule has 0 bridgehead atoms. The first-order valence-electron chi connectivity index (χ1n) is 19.1. The molecule has 2 atom stereocenters. The molecule has 0 aliphatic carbocycles. The van der Waals surface area contributed by atoms with Crippen LogP contribution >= 0.6 is 14.3 Å². The molecule has 4 nitrogen and oxygen atoms in total. The molecule has 0 saturated heterocycles. The average Bonchev–Trinajstić information content (AvgIpc) is 3.28. The molecule has 0 aliphatic rings. The van der Waals surface area contributed by atoms with Crippen LogP contribution in [0.5, 0.6) is 0 Å². The van der Waals surface area contributed by atoms with E-state index in [0.717, 1.165) is 64.5 Å². The second kappa shape index (κ2) is 19.7. The van der Waals surface area contributed by atoms with Gasteiger partial charge in [-0.25, -0.2) is 0 Å². The Hall–Kier alpha value is -4.24. The summed E-state index contributed by atoms with van der Waals surface area (Å²) in [6, 6.07) is 64.0. The zero-order valence-electron chi connectivity index (χ0n) is 32.5. The molecule has 2 N–H and O–H groups in total. The molecule has 0 fully saturated rings. The molecule has 8 aromatic rings. The Morgan fingerprint density at radius 2 is 0.645 bits per heavy atom. The quantitative estimate of drug-likeness (QED) is 0.112. The summed E-state index contributed by atoms with van der Waals surface area (Å²) in [5.74, 6) is 0. The predicted molar refractivity (Wildman–Crippen MR) is 234 cm³/mol. The number of fused-ring (bicyclic) bond motifs is 2. The topological polar surface area (TPSA) is 74.6 Å². The second-order valence-electron chi connectivity index (χ2n) is 14.3. The normalized spacial score (nSPS) is 13.1. The van der Waals surface area contributed by atoms with Crippen LogP contribution in [0.3, 0.4) is 0 Å². The van der Waals surface area contributed by atoms with E-state index in [1.165, 1.54) is 0 Å². The van der Waals surface area contributed by atoms with Crippen molar-refractivity contribution in [2.45, 2.75) is 31.0 Å². The van der Waals surface area contributed by atoms with Crippen LogP contribution in [0, 0.1) is 46.9 Å². The number of aliphatic hydroxyl groups excluding tert-OH is 2. The SMILES string of the molecule is O=P(c1ccccc1)(c1ccccc1)c1ccc2ccccc2c1-c1c(P(=O)(c2ccccc2)c2ccccc2)ccc2ccccc12.OC(CC(O)C(F)(F)F)C(F)(F)F.[Yb]. The van der Waals surface area contributed by atoms with Crippen LogP contribution in [0.15, 0.2) is 194 Å². The van der Waals surface area contributed by atoms with E-state index in [9.17, 15) is 26.3 Å². The Kier molecular flexibility index (Phi) is 15.0. The van der Waals surface area contributed by atoms with E-state index < -0.39 is 45.3 Å². The molecule has 8 rings (SSSR count). The smallest absolute Gasteiger partial charge is 0.384 e. The standard InChI is InChI=1S/C44H32O2P2.C5H6F6O2.Yb/c45-47(35-19-5-1-6-20-35,36-21-7-2-8-22-36)41-31-29-33-17-13-15-27-39(33)43(41)44-40-28-16-14-18-34(40)30-32-42(44)48(46,37-23-9-3-10-24-37)38-25-11-4-12-26-38;6-4(7,8)2(12)1-3(13)5(9,10)11;/h1-32H;2-3,12-13H,1H2;. The molecule has 2 unspecified atom stereocenters. The Bertz CT molecular complexity index is 2580. The zero-order valence-corrected chi connectivity index (χ0v) is 36.0.